The highest BCUT2D eigenvalue weighted by Gasteiger charge is 2.20. The smallest absolute Gasteiger partial charge is 0.340 e. The summed E-state index contributed by atoms with van der Waals surface area (Å²) in [7, 11) is 1.01. The molecule has 0 fully saturated rings. The third kappa shape index (κ3) is 5.30. The van der Waals surface area contributed by atoms with Crippen LogP contribution in [0.1, 0.15) is 15.9 Å². The summed E-state index contributed by atoms with van der Waals surface area (Å²) in [5, 5.41) is 4.27. The number of esters is 1. The van der Waals surface area contributed by atoms with Crippen LogP contribution in [0.3, 0.4) is 0 Å². The molecule has 2 N–H and O–H groups in total. The Morgan fingerprint density at radius 2 is 1.63 bits per heavy atom. The molecule has 0 bridgehead atoms. The molecule has 0 atom stereocenters. The summed E-state index contributed by atoms with van der Waals surface area (Å²) in [6.45, 7) is 0.0806. The molecule has 27 heavy (non-hydrogen) atoms. The second-order valence-electron chi connectivity index (χ2n) is 5.39. The van der Waals surface area contributed by atoms with E-state index < -0.39 is 46.5 Å². The Morgan fingerprint density at radius 3 is 2.26 bits per heavy atom. The maximum Gasteiger partial charge on any atom is 0.340 e. The lowest BCUT2D eigenvalue weighted by molar-refractivity contribution is -0.136. The summed E-state index contributed by atoms with van der Waals surface area (Å²) >= 11 is 0. The second-order valence-corrected chi connectivity index (χ2v) is 5.39. The van der Waals surface area contributed by atoms with Crippen molar-refractivity contribution in [1.29, 1.82) is 0 Å². The van der Waals surface area contributed by atoms with Gasteiger partial charge in [0.25, 0.3) is 0 Å². The number of hydrogen-bond donors (Lipinski definition) is 2. The number of anilines is 1. The summed E-state index contributed by atoms with van der Waals surface area (Å²) < 4.78 is 44.5. The Hall–Kier alpha value is -3.36. The van der Waals surface area contributed by atoms with Crippen molar-refractivity contribution in [2.75, 3.05) is 19.0 Å². The highest BCUT2D eigenvalue weighted by atomic mass is 19.1. The quantitative estimate of drug-likeness (QED) is 0.615. The Balaban J connectivity index is 1.96. The molecule has 2 aromatic rings. The number of carbonyl (C=O) groups is 3. The zero-order valence-corrected chi connectivity index (χ0v) is 14.1. The molecule has 0 saturated carbocycles. The van der Waals surface area contributed by atoms with Gasteiger partial charge in [0.1, 0.15) is 17.5 Å². The highest BCUT2D eigenvalue weighted by molar-refractivity contribution is 6.39. The molecule has 142 valence electrons. The van der Waals surface area contributed by atoms with E-state index in [-0.39, 0.29) is 6.54 Å². The van der Waals surface area contributed by atoms with Crippen LogP contribution in [0.25, 0.3) is 0 Å². The fourth-order valence-electron chi connectivity index (χ4n) is 2.14. The van der Waals surface area contributed by atoms with E-state index in [1.807, 2.05) is 5.32 Å². The van der Waals surface area contributed by atoms with Crippen molar-refractivity contribution in [3.05, 3.63) is 65.0 Å². The third-order valence-electron chi connectivity index (χ3n) is 3.53. The number of carbonyl (C=O) groups excluding carboxylic acids is 3. The van der Waals surface area contributed by atoms with Crippen LogP contribution in [0.4, 0.5) is 18.9 Å². The van der Waals surface area contributed by atoms with Gasteiger partial charge in [-0.15, -0.1) is 0 Å². The lowest BCUT2D eigenvalue weighted by Crippen LogP contribution is -2.36. The normalized spacial score (nSPS) is 10.2. The number of methoxy groups -OCH3 is 1. The minimum absolute atomic E-state index is 0.0806. The van der Waals surface area contributed by atoms with Crippen LogP contribution in [0, 0.1) is 17.5 Å². The van der Waals surface area contributed by atoms with Crippen molar-refractivity contribution in [2.45, 2.75) is 6.42 Å². The van der Waals surface area contributed by atoms with Gasteiger partial charge in [-0.05, 0) is 30.2 Å². The first-order chi connectivity index (χ1) is 12.8. The van der Waals surface area contributed by atoms with Crippen LogP contribution in [0.5, 0.6) is 0 Å². The summed E-state index contributed by atoms with van der Waals surface area (Å²) in [6.07, 6.45) is 0.344. The number of amides is 2. The van der Waals surface area contributed by atoms with Crippen molar-refractivity contribution in [3.63, 3.8) is 0 Å². The molecule has 6 nitrogen and oxygen atoms in total. The Labute approximate surface area is 152 Å². The predicted molar refractivity (Wildman–Crippen MR) is 89.4 cm³/mol. The minimum Gasteiger partial charge on any atom is -0.465 e. The van der Waals surface area contributed by atoms with Crippen molar-refractivity contribution in [1.82, 2.24) is 5.32 Å². The average molecular weight is 380 g/mol. The first-order valence-corrected chi connectivity index (χ1v) is 7.72. The number of ether oxygens (including phenoxy) is 1. The van der Waals surface area contributed by atoms with Gasteiger partial charge in [0.2, 0.25) is 0 Å². The lowest BCUT2D eigenvalue weighted by Gasteiger charge is -2.09. The van der Waals surface area contributed by atoms with Crippen LogP contribution in [0.2, 0.25) is 0 Å². The molecule has 2 aromatic carbocycles. The van der Waals surface area contributed by atoms with Gasteiger partial charge in [0.15, 0.2) is 0 Å². The maximum absolute atomic E-state index is 13.8. The van der Waals surface area contributed by atoms with E-state index in [1.165, 1.54) is 24.3 Å². The summed E-state index contributed by atoms with van der Waals surface area (Å²) in [6, 6.07) is 6.72. The van der Waals surface area contributed by atoms with Crippen LogP contribution in [0.15, 0.2) is 36.4 Å². The van der Waals surface area contributed by atoms with E-state index in [4.69, 9.17) is 0 Å². The SMILES string of the molecule is COC(=O)c1cc(NC(=O)C(=O)NCCc2ccc(F)cc2)c(F)cc1F. The zero-order chi connectivity index (χ0) is 20.0. The molecule has 0 heterocycles. The number of rotatable bonds is 5. The van der Waals surface area contributed by atoms with Gasteiger partial charge in [-0.2, -0.15) is 0 Å². The van der Waals surface area contributed by atoms with Crippen molar-refractivity contribution in [2.24, 2.45) is 0 Å². The van der Waals surface area contributed by atoms with E-state index in [0.29, 0.717) is 12.5 Å². The molecule has 0 radical (unpaired) electrons. The zero-order valence-electron chi connectivity index (χ0n) is 14.1. The van der Waals surface area contributed by atoms with Gasteiger partial charge in [-0.1, -0.05) is 12.1 Å². The van der Waals surface area contributed by atoms with Crippen LogP contribution in [-0.4, -0.2) is 31.4 Å². The van der Waals surface area contributed by atoms with Gasteiger partial charge < -0.3 is 15.4 Å². The molecule has 0 aromatic heterocycles. The van der Waals surface area contributed by atoms with Gasteiger partial charge in [-0.3, -0.25) is 9.59 Å². The summed E-state index contributed by atoms with van der Waals surface area (Å²) in [4.78, 5) is 35.0. The predicted octanol–water partition coefficient (Wildman–Crippen LogP) is 2.19. The van der Waals surface area contributed by atoms with Crippen LogP contribution >= 0.6 is 0 Å². The minimum atomic E-state index is -1.20. The molecule has 0 aliphatic heterocycles. The molecule has 0 aliphatic carbocycles. The fraction of sp³-hybridized carbons (Fsp3) is 0.167. The molecule has 0 aliphatic rings. The summed E-state index contributed by atoms with van der Waals surface area (Å²) in [5.41, 5.74) is -0.397. The lowest BCUT2D eigenvalue weighted by atomic mass is 10.1. The van der Waals surface area contributed by atoms with E-state index >= 15 is 0 Å². The molecule has 0 unspecified atom stereocenters. The molecular formula is C18H15F3N2O4. The Bertz CT molecular complexity index is 870. The number of nitrogens with one attached hydrogen (secondary N) is 2. The Morgan fingerprint density at radius 1 is 0.963 bits per heavy atom. The van der Waals surface area contributed by atoms with Gasteiger partial charge in [0.05, 0.1) is 18.4 Å². The molecular weight excluding hydrogens is 365 g/mol. The number of halogens is 3. The molecule has 0 saturated heterocycles. The maximum atomic E-state index is 13.8. The fourth-order valence-corrected chi connectivity index (χ4v) is 2.14. The average Bonchev–Trinajstić information content (AvgIpc) is 2.64. The van der Waals surface area contributed by atoms with E-state index in [0.717, 1.165) is 18.7 Å². The molecule has 2 rings (SSSR count). The van der Waals surface area contributed by atoms with Gasteiger partial charge in [0, 0.05) is 12.6 Å². The number of benzene rings is 2. The molecule has 2 amide bonds. The third-order valence-corrected chi connectivity index (χ3v) is 3.53. The van der Waals surface area contributed by atoms with E-state index in [9.17, 15) is 27.6 Å². The first kappa shape index (κ1) is 20.0. The number of hydrogen-bond acceptors (Lipinski definition) is 4. The van der Waals surface area contributed by atoms with E-state index in [1.54, 1.807) is 0 Å². The van der Waals surface area contributed by atoms with Crippen molar-refractivity contribution < 1.29 is 32.3 Å². The molecule has 9 heteroatoms. The van der Waals surface area contributed by atoms with E-state index in [2.05, 4.69) is 10.1 Å². The van der Waals surface area contributed by atoms with Crippen LogP contribution in [-0.2, 0) is 20.7 Å². The molecule has 0 spiro atoms. The van der Waals surface area contributed by atoms with Crippen LogP contribution < -0.4 is 10.6 Å². The van der Waals surface area contributed by atoms with Crippen molar-refractivity contribution >= 4 is 23.5 Å². The first-order valence-electron chi connectivity index (χ1n) is 7.72. The van der Waals surface area contributed by atoms with Gasteiger partial charge >= 0.3 is 17.8 Å². The topological polar surface area (TPSA) is 84.5 Å². The Kier molecular flexibility index (Phi) is 6.53. The monoisotopic (exact) mass is 380 g/mol. The standard InChI is InChI=1S/C18H15F3N2O4/c1-27-18(26)12-8-15(14(21)9-13(12)20)23-17(25)16(24)22-7-6-10-2-4-11(19)5-3-10/h2-5,8-9H,6-7H2,1H3,(H,22,24)(H,23,25). The largest absolute Gasteiger partial charge is 0.465 e. The van der Waals surface area contributed by atoms with Crippen molar-refractivity contribution in [3.8, 4) is 0 Å². The summed E-state index contributed by atoms with van der Waals surface area (Å²) in [5.74, 6) is -6.04. The highest BCUT2D eigenvalue weighted by Crippen LogP contribution is 2.20. The second kappa shape index (κ2) is 8.84. The van der Waals surface area contributed by atoms with Gasteiger partial charge in [-0.25, -0.2) is 18.0 Å².